The van der Waals surface area contributed by atoms with Crippen molar-refractivity contribution in [3.8, 4) is 0 Å². The molecule has 2 unspecified atom stereocenters. The largest absolute Gasteiger partial charge is 0.0683 e. The zero-order valence-electron chi connectivity index (χ0n) is 21.4. The highest BCUT2D eigenvalue weighted by atomic mass is 14.3. The van der Waals surface area contributed by atoms with E-state index >= 15 is 0 Å². The fourth-order valence-electron chi connectivity index (χ4n) is 3.99. The Labute approximate surface area is 192 Å². The molecule has 3 aromatic carbocycles. The molecule has 0 fully saturated rings. The summed E-state index contributed by atoms with van der Waals surface area (Å²) in [5, 5.41) is 0. The molecule has 0 N–H and O–H groups in total. The maximum absolute atomic E-state index is 2.34. The third kappa shape index (κ3) is 7.10. The van der Waals surface area contributed by atoms with Gasteiger partial charge in [0.2, 0.25) is 0 Å². The quantitative estimate of drug-likeness (QED) is 0.390. The lowest BCUT2D eigenvalue weighted by Crippen LogP contribution is -2.18. The smallest absolute Gasteiger partial charge is 0.0146 e. The molecule has 0 heterocycles. The van der Waals surface area contributed by atoms with Gasteiger partial charge in [0, 0.05) is 5.41 Å². The van der Waals surface area contributed by atoms with Crippen LogP contribution in [0.2, 0.25) is 0 Å². The van der Waals surface area contributed by atoms with E-state index in [1.165, 1.54) is 23.1 Å². The Kier molecular flexibility index (Phi) is 11.3. The Bertz CT molecular complexity index is 856. The van der Waals surface area contributed by atoms with Crippen LogP contribution in [0.25, 0.3) is 0 Å². The van der Waals surface area contributed by atoms with Gasteiger partial charge in [-0.05, 0) is 47.4 Å². The minimum absolute atomic E-state index is 0.0783. The number of fused-ring (bicyclic) bond motifs is 1. The van der Waals surface area contributed by atoms with Gasteiger partial charge in [-0.1, -0.05) is 140 Å². The lowest BCUT2D eigenvalue weighted by Gasteiger charge is -2.26. The molecule has 0 amide bonds. The number of aryl methyl sites for hydroxylation is 1. The van der Waals surface area contributed by atoms with Crippen LogP contribution >= 0.6 is 0 Å². The van der Waals surface area contributed by atoms with Gasteiger partial charge in [-0.2, -0.15) is 0 Å². The monoisotopic (exact) mass is 416 g/mol. The van der Waals surface area contributed by atoms with Gasteiger partial charge in [0.25, 0.3) is 0 Å². The van der Waals surface area contributed by atoms with E-state index in [9.17, 15) is 0 Å². The van der Waals surface area contributed by atoms with Gasteiger partial charge in [0.1, 0.15) is 0 Å². The first-order valence-corrected chi connectivity index (χ1v) is 12.1. The van der Waals surface area contributed by atoms with E-state index in [-0.39, 0.29) is 5.41 Å². The molecule has 3 aromatic rings. The third-order valence-corrected chi connectivity index (χ3v) is 6.21. The predicted molar refractivity (Wildman–Crippen MR) is 140 cm³/mol. The summed E-state index contributed by atoms with van der Waals surface area (Å²) >= 11 is 0. The van der Waals surface area contributed by atoms with Gasteiger partial charge in [-0.15, -0.1) is 0 Å². The third-order valence-electron chi connectivity index (χ3n) is 6.21. The van der Waals surface area contributed by atoms with Gasteiger partial charge in [0.05, 0.1) is 0 Å². The second kappa shape index (κ2) is 13.2. The highest BCUT2D eigenvalue weighted by molar-refractivity contribution is 5.38. The van der Waals surface area contributed by atoms with Crippen LogP contribution in [0.4, 0.5) is 0 Å². The maximum Gasteiger partial charge on any atom is 0.0146 e. The molecule has 168 valence electrons. The molecule has 1 aliphatic carbocycles. The van der Waals surface area contributed by atoms with Crippen molar-refractivity contribution < 1.29 is 0 Å². The summed E-state index contributed by atoms with van der Waals surface area (Å²) in [6.07, 6.45) is 1.28. The second-order valence-corrected chi connectivity index (χ2v) is 8.53. The molecule has 1 aliphatic rings. The zero-order valence-corrected chi connectivity index (χ0v) is 21.4. The summed E-state index contributed by atoms with van der Waals surface area (Å²) in [5.41, 5.74) is 7.25. The molecule has 0 saturated carbocycles. The molecule has 0 nitrogen and oxygen atoms in total. The average Bonchev–Trinajstić information content (AvgIpc) is 3.11. The van der Waals surface area contributed by atoms with Crippen LogP contribution in [0.3, 0.4) is 0 Å². The summed E-state index contributed by atoms with van der Waals surface area (Å²) in [7, 11) is 0. The first kappa shape index (κ1) is 26.7. The predicted octanol–water partition coefficient (Wildman–Crippen LogP) is 9.36. The lowest BCUT2D eigenvalue weighted by atomic mass is 9.78. The molecule has 0 heteroatoms. The van der Waals surface area contributed by atoms with Crippen molar-refractivity contribution in [2.45, 2.75) is 80.1 Å². The molecule has 0 aliphatic heterocycles. The summed E-state index contributed by atoms with van der Waals surface area (Å²) in [4.78, 5) is 0. The molecule has 2 atom stereocenters. The number of hydrogen-bond donors (Lipinski definition) is 0. The number of rotatable bonds is 2. The summed E-state index contributed by atoms with van der Waals surface area (Å²) < 4.78 is 0. The van der Waals surface area contributed by atoms with Crippen LogP contribution in [0.15, 0.2) is 78.9 Å². The summed E-state index contributed by atoms with van der Waals surface area (Å²) in [5.74, 6) is 1.61. The molecule has 31 heavy (non-hydrogen) atoms. The number of hydrogen-bond acceptors (Lipinski definition) is 0. The van der Waals surface area contributed by atoms with Gasteiger partial charge >= 0.3 is 0 Å². The molecule has 0 bridgehead atoms. The molecular formula is C31H44. The van der Waals surface area contributed by atoms with E-state index in [1.54, 1.807) is 11.1 Å². The highest BCUT2D eigenvalue weighted by Crippen LogP contribution is 2.36. The molecule has 0 spiro atoms. The van der Waals surface area contributed by atoms with Crippen molar-refractivity contribution in [2.75, 3.05) is 0 Å². The van der Waals surface area contributed by atoms with Crippen LogP contribution in [0, 0.1) is 12.8 Å². The molecule has 4 rings (SSSR count). The average molecular weight is 417 g/mol. The zero-order chi connectivity index (χ0) is 23.4. The van der Waals surface area contributed by atoms with Crippen molar-refractivity contribution in [3.63, 3.8) is 0 Å². The van der Waals surface area contributed by atoms with E-state index in [1.807, 2.05) is 27.7 Å². The fourth-order valence-corrected chi connectivity index (χ4v) is 3.99. The summed E-state index contributed by atoms with van der Waals surface area (Å²) in [6.45, 7) is 19.3. The van der Waals surface area contributed by atoms with Crippen molar-refractivity contribution >= 4 is 0 Å². The first-order chi connectivity index (χ1) is 14.9. The number of benzene rings is 3. The minimum Gasteiger partial charge on any atom is -0.0683 e. The Morgan fingerprint density at radius 2 is 1.13 bits per heavy atom. The van der Waals surface area contributed by atoms with Crippen LogP contribution in [-0.4, -0.2) is 0 Å². The lowest BCUT2D eigenvalue weighted by molar-refractivity contribution is 0.532. The van der Waals surface area contributed by atoms with Crippen LogP contribution < -0.4 is 0 Å². The van der Waals surface area contributed by atoms with Crippen LogP contribution in [0.1, 0.15) is 89.1 Å². The normalized spacial score (nSPS) is 16.4. The fraction of sp³-hybridized carbons (Fsp3) is 0.419. The molecule has 0 aromatic heterocycles. The van der Waals surface area contributed by atoms with Crippen molar-refractivity contribution in [1.29, 1.82) is 0 Å². The minimum atomic E-state index is 0.0783. The topological polar surface area (TPSA) is 0 Å². The van der Waals surface area contributed by atoms with Gasteiger partial charge in [0.15, 0.2) is 0 Å². The van der Waals surface area contributed by atoms with Gasteiger partial charge < -0.3 is 0 Å². The Morgan fingerprint density at radius 1 is 0.645 bits per heavy atom. The second-order valence-electron chi connectivity index (χ2n) is 8.53. The van der Waals surface area contributed by atoms with Crippen molar-refractivity contribution in [3.05, 3.63) is 107 Å². The first-order valence-electron chi connectivity index (χ1n) is 12.1. The Hall–Kier alpha value is -2.34. The summed E-state index contributed by atoms with van der Waals surface area (Å²) in [6, 6.07) is 28.3. The van der Waals surface area contributed by atoms with E-state index in [2.05, 4.69) is 113 Å². The van der Waals surface area contributed by atoms with E-state index in [0.29, 0.717) is 0 Å². The SMILES string of the molecule is CC.CC.CC1Cc2ccccc2C1C.Cc1ccc(C(C)(C)c2ccccc2)cc1. The van der Waals surface area contributed by atoms with Crippen molar-refractivity contribution in [2.24, 2.45) is 5.92 Å². The molecular weight excluding hydrogens is 372 g/mol. The van der Waals surface area contributed by atoms with Crippen LogP contribution in [0.5, 0.6) is 0 Å². The highest BCUT2D eigenvalue weighted by Gasteiger charge is 2.24. The van der Waals surface area contributed by atoms with E-state index in [4.69, 9.17) is 0 Å². The Balaban J connectivity index is 0.000000279. The Morgan fingerprint density at radius 3 is 1.68 bits per heavy atom. The maximum atomic E-state index is 2.34. The standard InChI is InChI=1S/C16H18.C11H14.2C2H6/c1-13-9-11-15(12-10-13)16(2,3)14-7-5-4-6-8-14;1-8-7-10-5-3-4-6-11(10)9(8)2;2*1-2/h4-12H,1-3H3;3-6,8-9H,7H2,1-2H3;2*1-2H3. The van der Waals surface area contributed by atoms with E-state index < -0.39 is 0 Å². The van der Waals surface area contributed by atoms with Gasteiger partial charge in [-0.25, -0.2) is 0 Å². The van der Waals surface area contributed by atoms with E-state index in [0.717, 1.165) is 11.8 Å². The molecule has 0 saturated heterocycles. The van der Waals surface area contributed by atoms with Gasteiger partial charge in [-0.3, -0.25) is 0 Å². The molecule has 0 radical (unpaired) electrons. The van der Waals surface area contributed by atoms with Crippen molar-refractivity contribution in [1.82, 2.24) is 0 Å². The van der Waals surface area contributed by atoms with Crippen LogP contribution in [-0.2, 0) is 11.8 Å².